The molecule has 4 aromatic heterocycles. The van der Waals surface area contributed by atoms with E-state index in [4.69, 9.17) is 4.98 Å². The summed E-state index contributed by atoms with van der Waals surface area (Å²) >= 11 is 3.42. The largest absolute Gasteiger partial charge is 0.382 e. The third-order valence-corrected chi connectivity index (χ3v) is 11.4. The lowest BCUT2D eigenvalue weighted by molar-refractivity contribution is 0.0956. The number of carbonyl (C=O) groups is 1. The third-order valence-electron chi connectivity index (χ3n) is 9.16. The Hall–Kier alpha value is -3.23. The van der Waals surface area contributed by atoms with Gasteiger partial charge in [-0.3, -0.25) is 4.79 Å². The van der Waals surface area contributed by atoms with Crippen molar-refractivity contribution in [1.29, 1.82) is 0 Å². The minimum Gasteiger partial charge on any atom is -0.382 e. The van der Waals surface area contributed by atoms with Crippen molar-refractivity contribution >= 4 is 55.4 Å². The number of rotatable bonds is 5. The molecule has 5 heterocycles. The maximum Gasteiger partial charge on any atom is 0.261 e. The third kappa shape index (κ3) is 4.38. The first-order valence-electron chi connectivity index (χ1n) is 15.1. The van der Waals surface area contributed by atoms with Crippen LogP contribution in [0.3, 0.4) is 0 Å². The average molecular weight is 582 g/mol. The van der Waals surface area contributed by atoms with Gasteiger partial charge in [0.15, 0.2) is 0 Å². The molecule has 210 valence electrons. The Labute approximate surface area is 248 Å². The Morgan fingerprint density at radius 2 is 1.90 bits per heavy atom. The fraction of sp³-hybridized carbons (Fsp3) is 0.424. The molecule has 6 nitrogen and oxygen atoms in total. The molecule has 2 N–H and O–H groups in total. The van der Waals surface area contributed by atoms with Gasteiger partial charge < -0.3 is 15.2 Å². The van der Waals surface area contributed by atoms with Gasteiger partial charge in [0.1, 0.15) is 0 Å². The molecule has 0 spiro atoms. The van der Waals surface area contributed by atoms with E-state index in [9.17, 15) is 4.79 Å². The summed E-state index contributed by atoms with van der Waals surface area (Å²) in [5.74, 6) is 1.30. The SMILES string of the molecule is Cc1nc(C)c(-c2ccc3c4c(ccc3n2)-c2c(C3CCCCC3)c3sc(C(=O)NCC5CC5)cc3n2CCN4)s1. The molecule has 1 aromatic carbocycles. The van der Waals surface area contributed by atoms with Gasteiger partial charge in [-0.2, -0.15) is 0 Å². The molecule has 0 radical (unpaired) electrons. The molecule has 1 aliphatic heterocycles. The Bertz CT molecular complexity index is 1820. The van der Waals surface area contributed by atoms with Crippen molar-refractivity contribution in [3.05, 3.63) is 51.5 Å². The maximum absolute atomic E-state index is 13.1. The summed E-state index contributed by atoms with van der Waals surface area (Å²) < 4.78 is 3.82. The van der Waals surface area contributed by atoms with Crippen LogP contribution in [-0.4, -0.2) is 33.5 Å². The summed E-state index contributed by atoms with van der Waals surface area (Å²) in [7, 11) is 0. The second kappa shape index (κ2) is 9.95. The molecule has 2 saturated carbocycles. The molecule has 0 unspecified atom stereocenters. The second-order valence-electron chi connectivity index (χ2n) is 12.1. The van der Waals surface area contributed by atoms with Gasteiger partial charge in [0.25, 0.3) is 5.91 Å². The molecule has 2 fully saturated rings. The number of carbonyl (C=O) groups excluding carboxylic acids is 1. The standard InChI is InChI=1S/C33H35N5OS2/c1-18-31(40-19(2)36-18)25-13-10-22-24(37-25)12-11-23-29(22)34-14-15-38-26-16-27(33(39)35-17-20-8-9-20)41-32(26)28(30(23)38)21-6-4-3-5-7-21/h10-13,16,20-21,34H,3-9,14-15,17H2,1-2H3,(H,35,39). The molecule has 2 aliphatic carbocycles. The van der Waals surface area contributed by atoms with Gasteiger partial charge in [0.05, 0.1) is 53.3 Å². The number of thiazole rings is 1. The van der Waals surface area contributed by atoms with Crippen LogP contribution in [0.2, 0.25) is 0 Å². The highest BCUT2D eigenvalue weighted by atomic mass is 32.1. The lowest BCUT2D eigenvalue weighted by Gasteiger charge is -2.23. The van der Waals surface area contributed by atoms with Gasteiger partial charge in [-0.15, -0.1) is 22.7 Å². The van der Waals surface area contributed by atoms with Crippen molar-refractivity contribution < 1.29 is 4.79 Å². The van der Waals surface area contributed by atoms with Crippen molar-refractivity contribution in [3.63, 3.8) is 0 Å². The molecule has 0 bridgehead atoms. The molecule has 5 aromatic rings. The molecule has 3 aliphatic rings. The number of nitrogens with zero attached hydrogens (tertiary/aromatic N) is 3. The van der Waals surface area contributed by atoms with E-state index in [0.29, 0.717) is 11.8 Å². The molecule has 0 atom stereocenters. The van der Waals surface area contributed by atoms with E-state index in [1.54, 1.807) is 22.7 Å². The Kier molecular flexibility index (Phi) is 6.18. The Balaban J connectivity index is 1.27. The fourth-order valence-corrected chi connectivity index (χ4v) is 9.07. The van der Waals surface area contributed by atoms with E-state index in [2.05, 4.69) is 64.4 Å². The summed E-state index contributed by atoms with van der Waals surface area (Å²) in [6.07, 6.45) is 8.82. The van der Waals surface area contributed by atoms with Crippen LogP contribution in [0.15, 0.2) is 30.3 Å². The normalized spacial score (nSPS) is 17.3. The number of fused-ring (bicyclic) bond motifs is 7. The number of pyridine rings is 1. The van der Waals surface area contributed by atoms with Gasteiger partial charge >= 0.3 is 0 Å². The van der Waals surface area contributed by atoms with E-state index >= 15 is 0 Å². The monoisotopic (exact) mass is 581 g/mol. The van der Waals surface area contributed by atoms with Crippen molar-refractivity contribution in [3.8, 4) is 21.8 Å². The van der Waals surface area contributed by atoms with Crippen LogP contribution in [0.1, 0.15) is 76.8 Å². The van der Waals surface area contributed by atoms with Crippen LogP contribution in [0.4, 0.5) is 5.69 Å². The van der Waals surface area contributed by atoms with Gasteiger partial charge in [0, 0.05) is 30.6 Å². The number of nitrogens with one attached hydrogen (secondary N) is 2. The zero-order valence-electron chi connectivity index (χ0n) is 23.7. The molecular weight excluding hydrogens is 547 g/mol. The molecule has 8 heteroatoms. The number of aryl methyl sites for hydroxylation is 2. The molecule has 8 rings (SSSR count). The highest BCUT2D eigenvalue weighted by Gasteiger charge is 2.31. The first-order valence-corrected chi connectivity index (χ1v) is 16.7. The zero-order valence-corrected chi connectivity index (χ0v) is 25.3. The molecular formula is C33H35N5OS2. The molecule has 1 amide bonds. The summed E-state index contributed by atoms with van der Waals surface area (Å²) in [5.41, 5.74) is 9.53. The van der Waals surface area contributed by atoms with E-state index in [1.165, 1.54) is 77.7 Å². The van der Waals surface area contributed by atoms with Crippen LogP contribution in [0, 0.1) is 19.8 Å². The first-order chi connectivity index (χ1) is 20.0. The number of benzene rings is 1. The van der Waals surface area contributed by atoms with E-state index in [-0.39, 0.29) is 5.91 Å². The summed E-state index contributed by atoms with van der Waals surface area (Å²) in [6.45, 7) is 6.64. The lowest BCUT2D eigenvalue weighted by atomic mass is 9.83. The van der Waals surface area contributed by atoms with Crippen molar-refractivity contribution in [2.45, 2.75) is 71.3 Å². The zero-order chi connectivity index (χ0) is 27.7. The van der Waals surface area contributed by atoms with Crippen molar-refractivity contribution in [1.82, 2.24) is 19.9 Å². The Morgan fingerprint density at radius 1 is 1.05 bits per heavy atom. The van der Waals surface area contributed by atoms with Gasteiger partial charge in [0.2, 0.25) is 0 Å². The van der Waals surface area contributed by atoms with Crippen LogP contribution >= 0.6 is 22.7 Å². The van der Waals surface area contributed by atoms with Gasteiger partial charge in [-0.1, -0.05) is 19.3 Å². The maximum atomic E-state index is 13.1. The van der Waals surface area contributed by atoms with Crippen LogP contribution in [-0.2, 0) is 6.54 Å². The Morgan fingerprint density at radius 3 is 2.68 bits per heavy atom. The topological polar surface area (TPSA) is 71.8 Å². The number of hydrogen-bond donors (Lipinski definition) is 2. The first kappa shape index (κ1) is 25.5. The van der Waals surface area contributed by atoms with Crippen LogP contribution < -0.4 is 10.6 Å². The summed E-state index contributed by atoms with van der Waals surface area (Å²) in [6, 6.07) is 11.0. The highest BCUT2D eigenvalue weighted by molar-refractivity contribution is 7.21. The number of anilines is 1. The number of aromatic nitrogens is 3. The molecule has 0 saturated heterocycles. The predicted molar refractivity (Wildman–Crippen MR) is 171 cm³/mol. The minimum atomic E-state index is 0.0911. The van der Waals surface area contributed by atoms with Gasteiger partial charge in [-0.05, 0) is 87.3 Å². The summed E-state index contributed by atoms with van der Waals surface area (Å²) in [4.78, 5) is 24.9. The van der Waals surface area contributed by atoms with Crippen molar-refractivity contribution in [2.24, 2.45) is 5.92 Å². The molecule has 41 heavy (non-hydrogen) atoms. The number of amides is 1. The number of thiophene rings is 1. The van der Waals surface area contributed by atoms with Crippen molar-refractivity contribution in [2.75, 3.05) is 18.4 Å². The lowest BCUT2D eigenvalue weighted by Crippen LogP contribution is -2.24. The van der Waals surface area contributed by atoms with Gasteiger partial charge in [-0.25, -0.2) is 9.97 Å². The highest BCUT2D eigenvalue weighted by Crippen LogP contribution is 2.50. The van der Waals surface area contributed by atoms with E-state index < -0.39 is 0 Å². The predicted octanol–water partition coefficient (Wildman–Crippen LogP) is 8.27. The number of hydrogen-bond acceptors (Lipinski definition) is 6. The van der Waals surface area contributed by atoms with E-state index in [1.807, 2.05) is 0 Å². The fourth-order valence-electron chi connectivity index (χ4n) is 6.98. The average Bonchev–Trinajstić information content (AvgIpc) is 3.57. The van der Waals surface area contributed by atoms with Crippen LogP contribution in [0.25, 0.3) is 42.9 Å². The summed E-state index contributed by atoms with van der Waals surface area (Å²) in [5, 5.41) is 9.23. The van der Waals surface area contributed by atoms with Crippen LogP contribution in [0.5, 0.6) is 0 Å². The van der Waals surface area contributed by atoms with E-state index in [0.717, 1.165) is 56.7 Å². The second-order valence-corrected chi connectivity index (χ2v) is 14.3. The quantitative estimate of drug-likeness (QED) is 0.219. The smallest absolute Gasteiger partial charge is 0.261 e. The minimum absolute atomic E-state index is 0.0911.